The van der Waals surface area contributed by atoms with E-state index in [2.05, 4.69) is 34.9 Å². The van der Waals surface area contributed by atoms with Gasteiger partial charge in [-0.1, -0.05) is 30.3 Å². The summed E-state index contributed by atoms with van der Waals surface area (Å²) in [5, 5.41) is 9.24. The number of hydrogen-bond donors (Lipinski definition) is 2. The molecule has 1 atom stereocenters. The van der Waals surface area contributed by atoms with Crippen LogP contribution in [0.2, 0.25) is 0 Å². The second kappa shape index (κ2) is 6.09. The van der Waals surface area contributed by atoms with Gasteiger partial charge in [0, 0.05) is 11.2 Å². The second-order valence-corrected chi connectivity index (χ2v) is 9.12. The number of anilines is 1. The molecule has 136 valence electrons. The van der Waals surface area contributed by atoms with Gasteiger partial charge >= 0.3 is 0 Å². The topological polar surface area (TPSA) is 41.1 Å². The largest absolute Gasteiger partial charge is 0.325 e. The zero-order valence-corrected chi connectivity index (χ0v) is 15.5. The first kappa shape index (κ1) is 16.3. The van der Waals surface area contributed by atoms with Gasteiger partial charge in [-0.3, -0.25) is 4.79 Å². The summed E-state index contributed by atoms with van der Waals surface area (Å²) in [5.41, 5.74) is 1.10. The SMILES string of the molecule is C[C@H](NC12CC3CC(CC(C3)C1)C2)C(=O)Nc1ccc2ccccc2c1. The van der Waals surface area contributed by atoms with E-state index in [9.17, 15) is 4.79 Å². The molecule has 4 fully saturated rings. The van der Waals surface area contributed by atoms with Crippen molar-refractivity contribution in [2.24, 2.45) is 17.8 Å². The van der Waals surface area contributed by atoms with Crippen LogP contribution in [0.25, 0.3) is 10.8 Å². The summed E-state index contributed by atoms with van der Waals surface area (Å²) < 4.78 is 0. The van der Waals surface area contributed by atoms with Gasteiger partial charge in [-0.15, -0.1) is 0 Å². The average molecular weight is 348 g/mol. The summed E-state index contributed by atoms with van der Waals surface area (Å²) in [6, 6.07) is 14.2. The van der Waals surface area contributed by atoms with Crippen molar-refractivity contribution in [1.29, 1.82) is 0 Å². The number of nitrogens with one attached hydrogen (secondary N) is 2. The normalized spacial score (nSPS) is 33.3. The number of fused-ring (bicyclic) bond motifs is 1. The Kier molecular flexibility index (Phi) is 3.82. The lowest BCUT2D eigenvalue weighted by atomic mass is 9.53. The fourth-order valence-electron chi connectivity index (χ4n) is 6.33. The van der Waals surface area contributed by atoms with Crippen LogP contribution in [-0.2, 0) is 4.79 Å². The fourth-order valence-corrected chi connectivity index (χ4v) is 6.33. The van der Waals surface area contributed by atoms with Crippen LogP contribution in [-0.4, -0.2) is 17.5 Å². The molecule has 3 nitrogen and oxygen atoms in total. The van der Waals surface area contributed by atoms with Crippen molar-refractivity contribution in [1.82, 2.24) is 5.32 Å². The van der Waals surface area contributed by atoms with Crippen molar-refractivity contribution in [2.45, 2.75) is 57.0 Å². The van der Waals surface area contributed by atoms with E-state index in [1.54, 1.807) is 0 Å². The summed E-state index contributed by atoms with van der Waals surface area (Å²) in [6.45, 7) is 2.02. The molecule has 0 spiro atoms. The molecular formula is C23H28N2O. The van der Waals surface area contributed by atoms with E-state index < -0.39 is 0 Å². The Morgan fingerprint density at radius 1 is 0.962 bits per heavy atom. The Morgan fingerprint density at radius 3 is 2.23 bits per heavy atom. The monoisotopic (exact) mass is 348 g/mol. The first-order valence-corrected chi connectivity index (χ1v) is 10.2. The predicted octanol–water partition coefficient (Wildman–Crippen LogP) is 4.73. The number of carbonyl (C=O) groups excluding carboxylic acids is 1. The zero-order chi connectivity index (χ0) is 17.7. The fraction of sp³-hybridized carbons (Fsp3) is 0.522. The Balaban J connectivity index is 1.28. The van der Waals surface area contributed by atoms with E-state index in [4.69, 9.17) is 0 Å². The highest BCUT2D eigenvalue weighted by Gasteiger charge is 2.51. The smallest absolute Gasteiger partial charge is 0.241 e. The van der Waals surface area contributed by atoms with Crippen LogP contribution in [0.4, 0.5) is 5.69 Å². The van der Waals surface area contributed by atoms with Gasteiger partial charge in [0.05, 0.1) is 6.04 Å². The highest BCUT2D eigenvalue weighted by molar-refractivity contribution is 5.97. The molecule has 0 unspecified atom stereocenters. The molecule has 0 aliphatic heterocycles. The van der Waals surface area contributed by atoms with Crippen molar-refractivity contribution in [2.75, 3.05) is 5.32 Å². The summed E-state index contributed by atoms with van der Waals surface area (Å²) in [7, 11) is 0. The highest BCUT2D eigenvalue weighted by atomic mass is 16.2. The van der Waals surface area contributed by atoms with Crippen LogP contribution in [0.3, 0.4) is 0 Å². The lowest BCUT2D eigenvalue weighted by Gasteiger charge is -2.57. The number of carbonyl (C=O) groups is 1. The lowest BCUT2D eigenvalue weighted by molar-refractivity contribution is -0.119. The molecule has 0 heterocycles. The molecule has 2 aromatic carbocycles. The first-order chi connectivity index (χ1) is 12.6. The minimum absolute atomic E-state index is 0.0797. The molecule has 4 saturated carbocycles. The number of rotatable bonds is 4. The van der Waals surface area contributed by atoms with Gasteiger partial charge < -0.3 is 10.6 Å². The van der Waals surface area contributed by atoms with Crippen LogP contribution in [0.1, 0.15) is 45.4 Å². The molecule has 0 saturated heterocycles. The van der Waals surface area contributed by atoms with Gasteiger partial charge in [-0.05, 0) is 86.1 Å². The molecule has 2 aromatic rings. The van der Waals surface area contributed by atoms with Gasteiger partial charge in [0.1, 0.15) is 0 Å². The third kappa shape index (κ3) is 2.92. The van der Waals surface area contributed by atoms with Crippen LogP contribution in [0.5, 0.6) is 0 Å². The Labute approximate surface area is 155 Å². The molecule has 1 amide bonds. The maximum Gasteiger partial charge on any atom is 0.241 e. The van der Waals surface area contributed by atoms with Crippen molar-refractivity contribution >= 4 is 22.4 Å². The number of hydrogen-bond acceptors (Lipinski definition) is 2. The van der Waals surface area contributed by atoms with Gasteiger partial charge in [0.25, 0.3) is 0 Å². The van der Waals surface area contributed by atoms with E-state index >= 15 is 0 Å². The van der Waals surface area contributed by atoms with Crippen LogP contribution in [0, 0.1) is 17.8 Å². The first-order valence-electron chi connectivity index (χ1n) is 10.2. The lowest BCUT2D eigenvalue weighted by Crippen LogP contribution is -2.62. The van der Waals surface area contributed by atoms with E-state index in [1.807, 2.05) is 25.1 Å². The maximum atomic E-state index is 12.8. The van der Waals surface area contributed by atoms with Crippen LogP contribution < -0.4 is 10.6 Å². The predicted molar refractivity (Wildman–Crippen MR) is 106 cm³/mol. The molecule has 4 bridgehead atoms. The quantitative estimate of drug-likeness (QED) is 0.839. The molecule has 4 aliphatic rings. The molecule has 4 aliphatic carbocycles. The molecule has 0 radical (unpaired) electrons. The molecule has 26 heavy (non-hydrogen) atoms. The van der Waals surface area contributed by atoms with Gasteiger partial charge in [0.2, 0.25) is 5.91 Å². The Bertz CT molecular complexity index is 808. The van der Waals surface area contributed by atoms with Crippen molar-refractivity contribution in [3.8, 4) is 0 Å². The Morgan fingerprint density at radius 2 is 1.58 bits per heavy atom. The zero-order valence-electron chi connectivity index (χ0n) is 15.5. The summed E-state index contributed by atoms with van der Waals surface area (Å²) in [5.74, 6) is 2.76. The van der Waals surface area contributed by atoms with Crippen LogP contribution >= 0.6 is 0 Å². The van der Waals surface area contributed by atoms with E-state index in [0.717, 1.165) is 28.8 Å². The standard InChI is InChI=1S/C23H28N2O/c1-15(25-23-12-16-8-17(13-23)10-18(9-16)14-23)22(26)24-21-7-6-19-4-2-3-5-20(19)11-21/h2-7,11,15-18,25H,8-10,12-14H2,1H3,(H,24,26)/t15-,16?,17?,18?,23?/m0/s1. The maximum absolute atomic E-state index is 12.8. The Hall–Kier alpha value is -1.87. The minimum atomic E-state index is -0.155. The molecular weight excluding hydrogens is 320 g/mol. The number of amides is 1. The van der Waals surface area contributed by atoms with Crippen molar-refractivity contribution < 1.29 is 4.79 Å². The minimum Gasteiger partial charge on any atom is -0.325 e. The van der Waals surface area contributed by atoms with Crippen molar-refractivity contribution in [3.05, 3.63) is 42.5 Å². The third-order valence-electron chi connectivity index (χ3n) is 6.97. The van der Waals surface area contributed by atoms with E-state index in [0.29, 0.717) is 0 Å². The molecule has 6 rings (SSSR count). The van der Waals surface area contributed by atoms with Crippen molar-refractivity contribution in [3.63, 3.8) is 0 Å². The van der Waals surface area contributed by atoms with Gasteiger partial charge in [-0.2, -0.15) is 0 Å². The van der Waals surface area contributed by atoms with Gasteiger partial charge in [-0.25, -0.2) is 0 Å². The second-order valence-electron chi connectivity index (χ2n) is 9.12. The summed E-state index contributed by atoms with van der Waals surface area (Å²) >= 11 is 0. The molecule has 0 aromatic heterocycles. The molecule has 3 heteroatoms. The number of benzene rings is 2. The third-order valence-corrected chi connectivity index (χ3v) is 6.97. The summed E-state index contributed by atoms with van der Waals surface area (Å²) in [6.07, 6.45) is 8.10. The summed E-state index contributed by atoms with van der Waals surface area (Å²) in [4.78, 5) is 12.8. The highest BCUT2D eigenvalue weighted by Crippen LogP contribution is 2.55. The molecule has 2 N–H and O–H groups in total. The van der Waals surface area contributed by atoms with Gasteiger partial charge in [0.15, 0.2) is 0 Å². The van der Waals surface area contributed by atoms with E-state index in [1.165, 1.54) is 43.9 Å². The average Bonchev–Trinajstić information content (AvgIpc) is 2.60. The van der Waals surface area contributed by atoms with E-state index in [-0.39, 0.29) is 17.5 Å². The van der Waals surface area contributed by atoms with Crippen LogP contribution in [0.15, 0.2) is 42.5 Å².